The van der Waals surface area contributed by atoms with Gasteiger partial charge in [0, 0.05) is 58.9 Å². The Kier molecular flexibility index (Phi) is 12.8. The average Bonchev–Trinajstić information content (AvgIpc) is 3.64. The molecule has 5 aromatic rings. The van der Waals surface area contributed by atoms with Crippen LogP contribution in [-0.4, -0.2) is 25.8 Å². The maximum atomic E-state index is 11.7. The number of hydrogen-bond donors (Lipinski definition) is 1. The second-order valence-corrected chi connectivity index (χ2v) is 13.4. The number of carbonyl (C=O) groups excluding carboxylic acids is 1. The third-order valence-corrected chi connectivity index (χ3v) is 9.36. The van der Waals surface area contributed by atoms with Crippen LogP contribution in [0.25, 0.3) is 43.5 Å². The molecule has 5 rings (SSSR count). The van der Waals surface area contributed by atoms with Crippen molar-refractivity contribution in [3.8, 4) is 22.5 Å². The van der Waals surface area contributed by atoms with Gasteiger partial charge in [-0.3, -0.25) is 9.78 Å². The molecule has 0 amide bonds. The van der Waals surface area contributed by atoms with Crippen molar-refractivity contribution >= 4 is 38.1 Å². The predicted molar refractivity (Wildman–Crippen MR) is 182 cm³/mol. The van der Waals surface area contributed by atoms with Crippen molar-refractivity contribution in [3.05, 3.63) is 77.7 Å². The number of aryl methyl sites for hydroxylation is 1. The molecule has 3 aromatic heterocycles. The first-order valence-corrected chi connectivity index (χ1v) is 16.4. The van der Waals surface area contributed by atoms with Gasteiger partial charge in [-0.2, -0.15) is 0 Å². The van der Waals surface area contributed by atoms with Gasteiger partial charge in [-0.25, -0.2) is 9.97 Å². The van der Waals surface area contributed by atoms with E-state index in [1.165, 1.54) is 23.4 Å². The molecule has 1 N–H and O–H groups in total. The van der Waals surface area contributed by atoms with E-state index in [0.717, 1.165) is 68.7 Å². The van der Waals surface area contributed by atoms with Crippen molar-refractivity contribution in [1.29, 1.82) is 0 Å². The summed E-state index contributed by atoms with van der Waals surface area (Å²) in [6.07, 6.45) is 9.65. The summed E-state index contributed by atoms with van der Waals surface area (Å²) in [5.41, 5.74) is 5.93. The Morgan fingerprint density at radius 1 is 1.02 bits per heavy atom. The fourth-order valence-corrected chi connectivity index (χ4v) is 6.73. The van der Waals surface area contributed by atoms with E-state index in [0.29, 0.717) is 0 Å². The maximum Gasteiger partial charge on any atom is 0.181 e. The molecule has 0 saturated carbocycles. The van der Waals surface area contributed by atoms with Crippen molar-refractivity contribution in [1.82, 2.24) is 15.0 Å². The monoisotopic (exact) mass is 803 g/mol. The molecule has 0 atom stereocenters. The van der Waals surface area contributed by atoms with Gasteiger partial charge in [0.25, 0.3) is 0 Å². The van der Waals surface area contributed by atoms with Gasteiger partial charge >= 0.3 is 0 Å². The molecule has 0 saturated heterocycles. The number of thiophene rings is 1. The van der Waals surface area contributed by atoms with Crippen LogP contribution in [0.1, 0.15) is 84.6 Å². The van der Waals surface area contributed by atoms with Crippen molar-refractivity contribution in [2.75, 3.05) is 0 Å². The fourth-order valence-electron chi connectivity index (χ4n) is 5.61. The zero-order chi connectivity index (χ0) is 32.0. The maximum absolute atomic E-state index is 11.7. The third kappa shape index (κ3) is 8.16. The second kappa shape index (κ2) is 15.9. The first kappa shape index (κ1) is 36.3. The molecule has 0 unspecified atom stereocenters. The van der Waals surface area contributed by atoms with Crippen LogP contribution in [0.2, 0.25) is 0 Å². The summed E-state index contributed by atoms with van der Waals surface area (Å²) in [6, 6.07) is 14.3. The summed E-state index contributed by atoms with van der Waals surface area (Å²) < 4.78 is 6.25. The molecule has 241 valence electrons. The number of fused-ring (bicyclic) bond motifs is 2. The van der Waals surface area contributed by atoms with Gasteiger partial charge in [-0.15, -0.1) is 40.5 Å². The van der Waals surface area contributed by atoms with Crippen molar-refractivity contribution in [2.24, 2.45) is 11.8 Å². The van der Waals surface area contributed by atoms with E-state index in [4.69, 9.17) is 4.42 Å². The van der Waals surface area contributed by atoms with Crippen molar-refractivity contribution < 1.29 is 34.4 Å². The normalized spacial score (nSPS) is 12.0. The van der Waals surface area contributed by atoms with Crippen molar-refractivity contribution in [2.45, 2.75) is 86.5 Å². The minimum atomic E-state index is 0. The van der Waals surface area contributed by atoms with Gasteiger partial charge in [0.15, 0.2) is 12.2 Å². The smallest absolute Gasteiger partial charge is 0.181 e. The number of aliphatic hydroxyl groups excluding tert-OH is 1. The number of allylic oxidation sites excluding steroid dienone is 2. The molecule has 2 aromatic carbocycles. The molecule has 6 nitrogen and oxygen atoms in total. The summed E-state index contributed by atoms with van der Waals surface area (Å²) >= 11 is 1.69. The van der Waals surface area contributed by atoms with Crippen molar-refractivity contribution in [3.63, 3.8) is 0 Å². The van der Waals surface area contributed by atoms with Crippen LogP contribution in [0.3, 0.4) is 0 Å². The molecule has 0 aliphatic rings. The Labute approximate surface area is 284 Å². The summed E-state index contributed by atoms with van der Waals surface area (Å²) in [5, 5.41) is 12.1. The molecular formula is C37H44IrN3O3S-. The van der Waals surface area contributed by atoms with E-state index in [-0.39, 0.29) is 48.9 Å². The van der Waals surface area contributed by atoms with E-state index >= 15 is 0 Å². The molecule has 45 heavy (non-hydrogen) atoms. The fraction of sp³-hybridized carbons (Fsp3) is 0.405. The van der Waals surface area contributed by atoms with E-state index in [2.05, 4.69) is 79.0 Å². The molecule has 0 aliphatic heterocycles. The largest absolute Gasteiger partial charge is 0.512 e. The molecule has 3 heterocycles. The van der Waals surface area contributed by atoms with Gasteiger partial charge in [0.05, 0.1) is 11.3 Å². The van der Waals surface area contributed by atoms with Crippen LogP contribution in [0.5, 0.6) is 0 Å². The standard InChI is InChI=1S/C24H20N3OS.C13H24O2.Ir/c1-14-20(19-11-28-13-27-19)22-23(29-14)21(25-12-26-22)16-9-15-7-5-6-8-17(15)18(10-16)24(2,3)4;1-5-10(6-2)12(14)9-13(15)11(7-3)8-4;/h5-8,10-13H,1-4H3;9-11,14H,5-8H2,1-4H3;/q-1;;/b;12-9-;. The zero-order valence-electron chi connectivity index (χ0n) is 27.5. The van der Waals surface area contributed by atoms with Crippen LogP contribution >= 0.6 is 11.3 Å². The van der Waals surface area contributed by atoms with Crippen LogP contribution in [-0.2, 0) is 30.3 Å². The number of ketones is 1. The third-order valence-electron chi connectivity index (χ3n) is 8.26. The Hall–Kier alpha value is -3.19. The average molecular weight is 803 g/mol. The first-order valence-electron chi connectivity index (χ1n) is 15.6. The number of benzene rings is 2. The number of carbonyl (C=O) groups is 1. The minimum absolute atomic E-state index is 0. The predicted octanol–water partition coefficient (Wildman–Crippen LogP) is 10.4. The number of hydrogen-bond acceptors (Lipinski definition) is 7. The Balaban J connectivity index is 0.000000297. The summed E-state index contributed by atoms with van der Waals surface area (Å²) in [7, 11) is 0. The van der Waals surface area contributed by atoms with Crippen LogP contribution in [0, 0.1) is 24.8 Å². The number of rotatable bonds is 9. The molecule has 0 fully saturated rings. The van der Waals surface area contributed by atoms with Gasteiger partial charge in [0.1, 0.15) is 18.3 Å². The van der Waals surface area contributed by atoms with E-state index in [1.54, 1.807) is 23.9 Å². The molecule has 0 aliphatic carbocycles. The number of aromatic nitrogens is 3. The molecule has 1 radical (unpaired) electrons. The molecule has 0 bridgehead atoms. The molecule has 0 spiro atoms. The van der Waals surface area contributed by atoms with E-state index < -0.39 is 0 Å². The number of nitrogens with zero attached hydrogens (tertiary/aromatic N) is 3. The first-order chi connectivity index (χ1) is 21.0. The second-order valence-electron chi connectivity index (χ2n) is 12.2. The van der Waals surface area contributed by atoms with E-state index in [9.17, 15) is 9.90 Å². The molecular weight excluding hydrogens is 759 g/mol. The quantitative estimate of drug-likeness (QED) is 0.0907. The Bertz CT molecular complexity index is 1740. The van der Waals surface area contributed by atoms with Gasteiger partial charge in [-0.1, -0.05) is 77.6 Å². The zero-order valence-corrected chi connectivity index (χ0v) is 30.7. The topological polar surface area (TPSA) is 89.1 Å². The molecule has 8 heteroatoms. The van der Waals surface area contributed by atoms with Gasteiger partial charge in [0.2, 0.25) is 0 Å². The minimum Gasteiger partial charge on any atom is -0.512 e. The van der Waals surface area contributed by atoms with Crippen LogP contribution in [0.15, 0.2) is 65.6 Å². The van der Waals surface area contributed by atoms with E-state index in [1.807, 2.05) is 27.7 Å². The van der Waals surface area contributed by atoms with Crippen LogP contribution < -0.4 is 0 Å². The summed E-state index contributed by atoms with van der Waals surface area (Å²) in [4.78, 5) is 26.4. The van der Waals surface area contributed by atoms with Crippen LogP contribution in [0.4, 0.5) is 0 Å². The summed E-state index contributed by atoms with van der Waals surface area (Å²) in [6.45, 7) is 16.9. The number of oxazole rings is 1. The Morgan fingerprint density at radius 2 is 1.69 bits per heavy atom. The van der Waals surface area contributed by atoms with Gasteiger partial charge < -0.3 is 9.52 Å². The Morgan fingerprint density at radius 3 is 2.29 bits per heavy atom. The SMILES string of the molecule is CCC(CC)C(=O)/C=C(\O)C(CC)CC.Cc1sc2c(-c3[c-]c4ccccc4c(C(C)(C)C)c3)ncnc2c1-c1cocn1.[Ir]. The summed E-state index contributed by atoms with van der Waals surface area (Å²) in [5.74, 6) is 0.547. The van der Waals surface area contributed by atoms with Gasteiger partial charge in [-0.05, 0) is 38.0 Å². The number of aliphatic hydroxyl groups is 1.